The maximum atomic E-state index is 12.0. The highest BCUT2D eigenvalue weighted by Gasteiger charge is 2.26. The summed E-state index contributed by atoms with van der Waals surface area (Å²) in [6, 6.07) is 7.85. The van der Waals surface area contributed by atoms with Crippen LogP contribution in [0.5, 0.6) is 0 Å². The van der Waals surface area contributed by atoms with E-state index in [0.29, 0.717) is 13.1 Å². The van der Waals surface area contributed by atoms with Gasteiger partial charge in [0.15, 0.2) is 0 Å². The molecule has 2 N–H and O–H groups in total. The molecular formula is C13H18N2O. The van der Waals surface area contributed by atoms with Crippen molar-refractivity contribution in [1.82, 2.24) is 4.90 Å². The minimum Gasteiger partial charge on any atom is -0.333 e. The van der Waals surface area contributed by atoms with Gasteiger partial charge in [-0.1, -0.05) is 37.6 Å². The summed E-state index contributed by atoms with van der Waals surface area (Å²) < 4.78 is 0. The maximum Gasteiger partial charge on any atom is 0.240 e. The Morgan fingerprint density at radius 2 is 1.94 bits per heavy atom. The van der Waals surface area contributed by atoms with E-state index in [1.54, 1.807) is 0 Å². The van der Waals surface area contributed by atoms with E-state index in [9.17, 15) is 4.79 Å². The van der Waals surface area contributed by atoms with Crippen LogP contribution < -0.4 is 5.73 Å². The van der Waals surface area contributed by atoms with Crippen molar-refractivity contribution >= 4 is 5.91 Å². The summed E-state index contributed by atoms with van der Waals surface area (Å²) in [5.41, 5.74) is 8.35. The van der Waals surface area contributed by atoms with Gasteiger partial charge in [-0.15, -0.1) is 0 Å². The minimum absolute atomic E-state index is 0.0815. The average molecular weight is 218 g/mol. The van der Waals surface area contributed by atoms with Gasteiger partial charge in [0.1, 0.15) is 0 Å². The molecule has 0 bridgehead atoms. The van der Waals surface area contributed by atoms with Crippen molar-refractivity contribution in [2.75, 3.05) is 0 Å². The highest BCUT2D eigenvalue weighted by Crippen LogP contribution is 2.22. The summed E-state index contributed by atoms with van der Waals surface area (Å²) in [4.78, 5) is 13.9. The fourth-order valence-electron chi connectivity index (χ4n) is 2.16. The highest BCUT2D eigenvalue weighted by atomic mass is 16.2. The minimum atomic E-state index is -0.334. The molecule has 86 valence electrons. The Kier molecular flexibility index (Phi) is 3.25. The van der Waals surface area contributed by atoms with Crippen molar-refractivity contribution in [2.24, 2.45) is 5.73 Å². The maximum absolute atomic E-state index is 12.0. The Balaban J connectivity index is 2.03. The molecule has 0 saturated heterocycles. The zero-order valence-corrected chi connectivity index (χ0v) is 9.65. The summed E-state index contributed by atoms with van der Waals surface area (Å²) in [7, 11) is 0. The second kappa shape index (κ2) is 4.66. The van der Waals surface area contributed by atoms with Crippen LogP contribution in [0.2, 0.25) is 0 Å². The fourth-order valence-corrected chi connectivity index (χ4v) is 2.16. The number of benzene rings is 1. The molecule has 0 radical (unpaired) electrons. The van der Waals surface area contributed by atoms with E-state index in [1.165, 1.54) is 11.1 Å². The van der Waals surface area contributed by atoms with E-state index < -0.39 is 0 Å². The molecule has 0 saturated carbocycles. The average Bonchev–Trinajstić information content (AvgIpc) is 2.71. The Labute approximate surface area is 96.2 Å². The van der Waals surface area contributed by atoms with E-state index >= 15 is 0 Å². The smallest absolute Gasteiger partial charge is 0.240 e. The molecule has 1 aliphatic heterocycles. The quantitative estimate of drug-likeness (QED) is 0.838. The number of hydrogen-bond donors (Lipinski definition) is 1. The molecule has 0 unspecified atom stereocenters. The third-order valence-corrected chi connectivity index (χ3v) is 3.07. The first kappa shape index (κ1) is 11.1. The van der Waals surface area contributed by atoms with Crippen LogP contribution >= 0.6 is 0 Å². The number of fused-ring (bicyclic) bond motifs is 1. The fraction of sp³-hybridized carbons (Fsp3) is 0.462. The number of rotatable bonds is 3. The lowest BCUT2D eigenvalue weighted by Gasteiger charge is -2.19. The number of carbonyl (C=O) groups excluding carboxylic acids is 1. The first-order valence-electron chi connectivity index (χ1n) is 5.83. The molecule has 1 amide bonds. The predicted molar refractivity (Wildman–Crippen MR) is 63.6 cm³/mol. The predicted octanol–water partition coefficient (Wildman–Crippen LogP) is 1.66. The first-order valence-corrected chi connectivity index (χ1v) is 5.83. The van der Waals surface area contributed by atoms with Crippen LogP contribution in [0.15, 0.2) is 24.3 Å². The highest BCUT2D eigenvalue weighted by molar-refractivity contribution is 5.82. The van der Waals surface area contributed by atoms with Gasteiger partial charge in [0.25, 0.3) is 0 Å². The van der Waals surface area contributed by atoms with Crippen LogP contribution in [0.3, 0.4) is 0 Å². The van der Waals surface area contributed by atoms with Crippen molar-refractivity contribution in [1.29, 1.82) is 0 Å². The lowest BCUT2D eigenvalue weighted by Crippen LogP contribution is -2.41. The van der Waals surface area contributed by atoms with Crippen molar-refractivity contribution in [3.8, 4) is 0 Å². The number of amides is 1. The summed E-state index contributed by atoms with van der Waals surface area (Å²) in [5, 5.41) is 0. The van der Waals surface area contributed by atoms with Crippen molar-refractivity contribution < 1.29 is 4.79 Å². The molecule has 1 aliphatic rings. The first-order chi connectivity index (χ1) is 7.72. The third-order valence-electron chi connectivity index (χ3n) is 3.07. The molecule has 1 aromatic carbocycles. The molecule has 3 heteroatoms. The number of nitrogens with zero attached hydrogens (tertiary/aromatic N) is 1. The van der Waals surface area contributed by atoms with Crippen LogP contribution in [-0.2, 0) is 17.9 Å². The van der Waals surface area contributed by atoms with E-state index in [-0.39, 0.29) is 11.9 Å². The van der Waals surface area contributed by atoms with Crippen LogP contribution in [-0.4, -0.2) is 16.8 Å². The summed E-state index contributed by atoms with van der Waals surface area (Å²) in [6.07, 6.45) is 1.72. The van der Waals surface area contributed by atoms with Gasteiger partial charge < -0.3 is 10.6 Å². The Hall–Kier alpha value is -1.35. The van der Waals surface area contributed by atoms with Crippen LogP contribution in [0.4, 0.5) is 0 Å². The Morgan fingerprint density at radius 3 is 2.44 bits per heavy atom. The molecule has 0 fully saturated rings. The van der Waals surface area contributed by atoms with Gasteiger partial charge in [-0.05, 0) is 17.5 Å². The van der Waals surface area contributed by atoms with Gasteiger partial charge in [0.2, 0.25) is 5.91 Å². The largest absolute Gasteiger partial charge is 0.333 e. The van der Waals surface area contributed by atoms with Crippen LogP contribution in [0.25, 0.3) is 0 Å². The normalized spacial score (nSPS) is 16.0. The summed E-state index contributed by atoms with van der Waals surface area (Å²) in [5.74, 6) is 0.0815. The second-order valence-corrected chi connectivity index (χ2v) is 4.36. The van der Waals surface area contributed by atoms with Crippen molar-refractivity contribution in [2.45, 2.75) is 38.9 Å². The van der Waals surface area contributed by atoms with Crippen molar-refractivity contribution in [3.63, 3.8) is 0 Å². The lowest BCUT2D eigenvalue weighted by molar-refractivity contribution is -0.133. The van der Waals surface area contributed by atoms with E-state index in [4.69, 9.17) is 5.73 Å². The third kappa shape index (κ3) is 2.09. The van der Waals surface area contributed by atoms with E-state index in [0.717, 1.165) is 12.8 Å². The lowest BCUT2D eigenvalue weighted by atomic mass is 10.1. The number of hydrogen-bond acceptors (Lipinski definition) is 2. The Morgan fingerprint density at radius 1 is 1.38 bits per heavy atom. The van der Waals surface area contributed by atoms with Gasteiger partial charge in [0.05, 0.1) is 6.04 Å². The molecule has 0 aliphatic carbocycles. The molecule has 1 atom stereocenters. The summed E-state index contributed by atoms with van der Waals surface area (Å²) in [6.45, 7) is 3.48. The Bertz CT molecular complexity index is 364. The SMILES string of the molecule is CCC[C@@H](N)C(=O)N1Cc2ccccc2C1. The van der Waals surface area contributed by atoms with Gasteiger partial charge in [-0.25, -0.2) is 0 Å². The van der Waals surface area contributed by atoms with Crippen molar-refractivity contribution in [3.05, 3.63) is 35.4 Å². The van der Waals surface area contributed by atoms with E-state index in [2.05, 4.69) is 12.1 Å². The summed E-state index contributed by atoms with van der Waals surface area (Å²) >= 11 is 0. The zero-order valence-electron chi connectivity index (χ0n) is 9.65. The molecule has 1 heterocycles. The van der Waals surface area contributed by atoms with Gasteiger partial charge in [-0.2, -0.15) is 0 Å². The van der Waals surface area contributed by atoms with E-state index in [1.807, 2.05) is 24.0 Å². The monoisotopic (exact) mass is 218 g/mol. The molecule has 0 spiro atoms. The van der Waals surface area contributed by atoms with Crippen LogP contribution in [0.1, 0.15) is 30.9 Å². The molecule has 0 aromatic heterocycles. The number of nitrogens with two attached hydrogens (primary N) is 1. The molecule has 16 heavy (non-hydrogen) atoms. The molecule has 2 rings (SSSR count). The van der Waals surface area contributed by atoms with Crippen LogP contribution in [0, 0.1) is 0 Å². The topological polar surface area (TPSA) is 46.3 Å². The molecule has 1 aromatic rings. The standard InChI is InChI=1S/C13H18N2O/c1-2-5-12(14)13(16)15-8-10-6-3-4-7-11(10)9-15/h3-4,6-7,12H,2,5,8-9,14H2,1H3/t12-/m1/s1. The molecule has 3 nitrogen and oxygen atoms in total. The molecular weight excluding hydrogens is 200 g/mol. The van der Waals surface area contributed by atoms with Gasteiger partial charge in [-0.3, -0.25) is 4.79 Å². The van der Waals surface area contributed by atoms with Gasteiger partial charge >= 0.3 is 0 Å². The number of carbonyl (C=O) groups is 1. The zero-order chi connectivity index (χ0) is 11.5. The van der Waals surface area contributed by atoms with Gasteiger partial charge in [0, 0.05) is 13.1 Å². The second-order valence-electron chi connectivity index (χ2n) is 4.36.